The third-order valence-corrected chi connectivity index (χ3v) is 5.66. The highest BCUT2D eigenvalue weighted by Gasteiger charge is 2.21. The molecule has 0 fully saturated rings. The van der Waals surface area contributed by atoms with Crippen LogP contribution in [0.5, 0.6) is 23.0 Å². The number of hydrogen-bond donors (Lipinski definition) is 0. The van der Waals surface area contributed by atoms with E-state index in [1.807, 2.05) is 24.3 Å². The van der Waals surface area contributed by atoms with Gasteiger partial charge in [-0.15, -0.1) is 0 Å². The van der Waals surface area contributed by atoms with Crippen molar-refractivity contribution >= 4 is 0 Å². The van der Waals surface area contributed by atoms with Crippen molar-refractivity contribution in [3.63, 3.8) is 0 Å². The summed E-state index contributed by atoms with van der Waals surface area (Å²) in [6, 6.07) is 20.7. The molecule has 0 spiro atoms. The minimum Gasteiger partial charge on any atom is -0.493 e. The molecule has 3 aromatic rings. The van der Waals surface area contributed by atoms with E-state index in [4.69, 9.17) is 18.9 Å². The Bertz CT molecular complexity index is 1030. The van der Waals surface area contributed by atoms with Crippen LogP contribution in [0.15, 0.2) is 60.7 Å². The second kappa shape index (κ2) is 8.28. The Morgan fingerprint density at radius 3 is 2.57 bits per heavy atom. The minimum absolute atomic E-state index is 0.309. The van der Waals surface area contributed by atoms with Crippen molar-refractivity contribution in [3.05, 3.63) is 82.9 Å². The van der Waals surface area contributed by atoms with Gasteiger partial charge in [0.05, 0.1) is 7.11 Å². The molecule has 5 nitrogen and oxygen atoms in total. The van der Waals surface area contributed by atoms with Gasteiger partial charge in [0.15, 0.2) is 23.0 Å². The topological polar surface area (TPSA) is 40.2 Å². The molecule has 0 saturated carbocycles. The van der Waals surface area contributed by atoms with Crippen LogP contribution >= 0.6 is 0 Å². The quantitative estimate of drug-likeness (QED) is 0.603. The Morgan fingerprint density at radius 2 is 1.70 bits per heavy atom. The Balaban J connectivity index is 1.31. The van der Waals surface area contributed by atoms with Crippen LogP contribution in [0.2, 0.25) is 0 Å². The molecule has 2 heterocycles. The highest BCUT2D eigenvalue weighted by molar-refractivity contribution is 5.49. The molecule has 0 aliphatic carbocycles. The van der Waals surface area contributed by atoms with Gasteiger partial charge < -0.3 is 18.9 Å². The van der Waals surface area contributed by atoms with Crippen LogP contribution < -0.4 is 18.9 Å². The van der Waals surface area contributed by atoms with Crippen molar-refractivity contribution in [1.82, 2.24) is 4.90 Å². The van der Waals surface area contributed by atoms with Crippen molar-refractivity contribution in [3.8, 4) is 23.0 Å². The Labute approximate surface area is 176 Å². The maximum Gasteiger partial charge on any atom is 0.231 e. The lowest BCUT2D eigenvalue weighted by molar-refractivity contribution is 0.174. The van der Waals surface area contributed by atoms with E-state index in [1.54, 1.807) is 7.11 Å². The summed E-state index contributed by atoms with van der Waals surface area (Å²) < 4.78 is 22.6. The van der Waals surface area contributed by atoms with Crippen LogP contribution in [0.1, 0.15) is 22.3 Å². The summed E-state index contributed by atoms with van der Waals surface area (Å²) in [6.07, 6.45) is 0.995. The molecule has 5 rings (SSSR count). The normalized spacial score (nSPS) is 15.0. The summed E-state index contributed by atoms with van der Waals surface area (Å²) >= 11 is 0. The van der Waals surface area contributed by atoms with E-state index in [9.17, 15) is 0 Å². The van der Waals surface area contributed by atoms with E-state index in [1.165, 1.54) is 16.7 Å². The fraction of sp³-hybridized carbons (Fsp3) is 0.280. The maximum absolute atomic E-state index is 6.11. The van der Waals surface area contributed by atoms with Gasteiger partial charge in [0.2, 0.25) is 6.79 Å². The van der Waals surface area contributed by atoms with Gasteiger partial charge in [-0.3, -0.25) is 4.90 Å². The molecule has 0 amide bonds. The minimum atomic E-state index is 0.309. The summed E-state index contributed by atoms with van der Waals surface area (Å²) in [5, 5.41) is 0. The van der Waals surface area contributed by atoms with Gasteiger partial charge in [-0.1, -0.05) is 36.4 Å². The number of fused-ring (bicyclic) bond motifs is 2. The fourth-order valence-electron chi connectivity index (χ4n) is 4.06. The van der Waals surface area contributed by atoms with Gasteiger partial charge in [-0.2, -0.15) is 0 Å². The van der Waals surface area contributed by atoms with E-state index in [0.717, 1.165) is 54.6 Å². The largest absolute Gasteiger partial charge is 0.493 e. The molecule has 2 aliphatic rings. The Hall–Kier alpha value is -3.18. The summed E-state index contributed by atoms with van der Waals surface area (Å²) in [5.41, 5.74) is 5.00. The van der Waals surface area contributed by atoms with Crippen LogP contribution in [-0.4, -0.2) is 25.3 Å². The molecule has 5 heteroatoms. The van der Waals surface area contributed by atoms with Crippen LogP contribution in [0.25, 0.3) is 0 Å². The summed E-state index contributed by atoms with van der Waals surface area (Å²) in [4.78, 5) is 2.45. The molecule has 0 atom stereocenters. The average Bonchev–Trinajstić information content (AvgIpc) is 3.25. The van der Waals surface area contributed by atoms with E-state index in [-0.39, 0.29) is 0 Å². The summed E-state index contributed by atoms with van der Waals surface area (Å²) in [5.74, 6) is 3.26. The molecule has 0 radical (unpaired) electrons. The van der Waals surface area contributed by atoms with E-state index in [2.05, 4.69) is 41.3 Å². The number of methoxy groups -OCH3 is 1. The molecule has 0 unspecified atom stereocenters. The predicted molar refractivity (Wildman–Crippen MR) is 114 cm³/mol. The lowest BCUT2D eigenvalue weighted by Crippen LogP contribution is -2.30. The zero-order chi connectivity index (χ0) is 20.3. The first-order chi connectivity index (χ1) is 14.8. The highest BCUT2D eigenvalue weighted by atomic mass is 16.7. The molecule has 0 saturated heterocycles. The molecule has 154 valence electrons. The number of nitrogens with zero attached hydrogens (tertiary/aromatic N) is 1. The van der Waals surface area contributed by atoms with Crippen molar-refractivity contribution in [2.24, 2.45) is 0 Å². The number of rotatable bonds is 6. The molecule has 0 aromatic heterocycles. The van der Waals surface area contributed by atoms with Crippen molar-refractivity contribution in [2.45, 2.75) is 26.1 Å². The second-order valence-corrected chi connectivity index (χ2v) is 7.69. The highest BCUT2D eigenvalue weighted by Crippen LogP contribution is 2.36. The van der Waals surface area contributed by atoms with E-state index < -0.39 is 0 Å². The predicted octanol–water partition coefficient (Wildman–Crippen LogP) is 4.56. The van der Waals surface area contributed by atoms with Crippen LogP contribution in [0, 0.1) is 0 Å². The molecule has 2 aliphatic heterocycles. The van der Waals surface area contributed by atoms with Gasteiger partial charge in [0.1, 0.15) is 6.61 Å². The molecular formula is C25H25NO4. The second-order valence-electron chi connectivity index (χ2n) is 7.69. The van der Waals surface area contributed by atoms with Crippen LogP contribution in [-0.2, 0) is 26.1 Å². The molecule has 0 bridgehead atoms. The molecule has 3 aromatic carbocycles. The summed E-state index contributed by atoms with van der Waals surface area (Å²) in [6.45, 7) is 3.60. The smallest absolute Gasteiger partial charge is 0.231 e. The first-order valence-corrected chi connectivity index (χ1v) is 10.3. The van der Waals surface area contributed by atoms with Gasteiger partial charge in [0.25, 0.3) is 0 Å². The number of ether oxygens (including phenoxy) is 4. The molecular weight excluding hydrogens is 378 g/mol. The van der Waals surface area contributed by atoms with Gasteiger partial charge in [-0.05, 0) is 52.9 Å². The Morgan fingerprint density at radius 1 is 0.867 bits per heavy atom. The van der Waals surface area contributed by atoms with Crippen LogP contribution in [0.4, 0.5) is 0 Å². The first kappa shape index (κ1) is 18.8. The molecule has 0 N–H and O–H groups in total. The third-order valence-electron chi connectivity index (χ3n) is 5.66. The van der Waals surface area contributed by atoms with Gasteiger partial charge in [-0.25, -0.2) is 0 Å². The standard InChI is InChI=1S/C25H25NO4/c1-27-23-12-20-9-10-26(14-19-7-8-22-24(11-19)30-17-29-22)15-21(20)13-25(23)28-16-18-5-3-2-4-6-18/h2-8,11-13H,9-10,14-17H2,1H3. The van der Waals surface area contributed by atoms with Gasteiger partial charge in [0, 0.05) is 19.6 Å². The fourth-order valence-corrected chi connectivity index (χ4v) is 4.06. The SMILES string of the molecule is COc1cc2c(cc1OCc1ccccc1)CN(Cc1ccc3c(c1)OCO3)CC2. The monoisotopic (exact) mass is 403 g/mol. The van der Waals surface area contributed by atoms with Crippen molar-refractivity contribution < 1.29 is 18.9 Å². The van der Waals surface area contributed by atoms with Crippen molar-refractivity contribution in [1.29, 1.82) is 0 Å². The van der Waals surface area contributed by atoms with Crippen LogP contribution in [0.3, 0.4) is 0 Å². The van der Waals surface area contributed by atoms with E-state index >= 15 is 0 Å². The number of benzene rings is 3. The van der Waals surface area contributed by atoms with Crippen molar-refractivity contribution in [2.75, 3.05) is 20.4 Å². The maximum atomic E-state index is 6.11. The molecule has 30 heavy (non-hydrogen) atoms. The lowest BCUT2D eigenvalue weighted by atomic mass is 9.98. The number of hydrogen-bond acceptors (Lipinski definition) is 5. The third kappa shape index (κ3) is 3.94. The summed E-state index contributed by atoms with van der Waals surface area (Å²) in [7, 11) is 1.70. The van der Waals surface area contributed by atoms with E-state index in [0.29, 0.717) is 13.4 Å². The zero-order valence-corrected chi connectivity index (χ0v) is 17.1. The zero-order valence-electron chi connectivity index (χ0n) is 17.1. The van der Waals surface area contributed by atoms with Gasteiger partial charge >= 0.3 is 0 Å². The lowest BCUT2D eigenvalue weighted by Gasteiger charge is -2.29. The first-order valence-electron chi connectivity index (χ1n) is 10.3. The average molecular weight is 403 g/mol. The Kier molecular flexibility index (Phi) is 5.20.